The van der Waals surface area contributed by atoms with Crippen molar-refractivity contribution in [3.63, 3.8) is 0 Å². The van der Waals surface area contributed by atoms with E-state index in [1.807, 2.05) is 6.92 Å². The van der Waals surface area contributed by atoms with Crippen LogP contribution in [-0.2, 0) is 32.4 Å². The number of hydrogen-bond donors (Lipinski definition) is 0. The van der Waals surface area contributed by atoms with Gasteiger partial charge in [0.25, 0.3) is 0 Å². The fraction of sp³-hybridized carbons (Fsp3) is 1.00. The topological polar surface area (TPSA) is 9.23 Å². The van der Waals surface area contributed by atoms with Gasteiger partial charge in [-0.3, -0.25) is 0 Å². The van der Waals surface area contributed by atoms with Crippen LogP contribution in [0.1, 0.15) is 13.3 Å². The van der Waals surface area contributed by atoms with Gasteiger partial charge in [0.2, 0.25) is 0 Å². The first-order valence-electron chi connectivity index (χ1n) is 2.55. The third kappa shape index (κ3) is 10.4. The first-order valence-corrected chi connectivity index (χ1v) is 3.67. The fourth-order valence-electron chi connectivity index (χ4n) is 0.301. The van der Waals surface area contributed by atoms with Gasteiger partial charge in [0, 0.05) is 46.2 Å². The molecule has 0 aromatic carbocycles. The first kappa shape index (κ1) is 12.1. The van der Waals surface area contributed by atoms with E-state index in [9.17, 15) is 0 Å². The van der Waals surface area contributed by atoms with E-state index in [4.69, 9.17) is 4.74 Å². The molecule has 0 radical (unpaired) electrons. The third-order valence-corrected chi connectivity index (χ3v) is 1.19. The van der Waals surface area contributed by atoms with Gasteiger partial charge >= 0.3 is 0 Å². The maximum absolute atomic E-state index is 5.04. The normalized spacial score (nSPS) is 8.25. The molecule has 0 aliphatic carbocycles. The monoisotopic (exact) mass is 368 g/mol. The van der Waals surface area contributed by atoms with Crippen LogP contribution in [0.5, 0.6) is 0 Å². The van der Waals surface area contributed by atoms with Crippen molar-refractivity contribution in [3.8, 4) is 0 Å². The van der Waals surface area contributed by atoms with Gasteiger partial charge in [0.05, 0.1) is 0 Å². The Labute approximate surface area is 79.8 Å². The van der Waals surface area contributed by atoms with Crippen molar-refractivity contribution in [2.24, 2.45) is 0 Å². The second-order valence-corrected chi connectivity index (χ2v) is 2.03. The molecule has 46 valence electrons. The van der Waals surface area contributed by atoms with E-state index in [1.54, 1.807) is 0 Å². The molecule has 0 unspecified atom stereocenters. The summed E-state index contributed by atoms with van der Waals surface area (Å²) in [6.45, 7) is 3.74. The van der Waals surface area contributed by atoms with Crippen LogP contribution in [0.2, 0.25) is 0 Å². The molecule has 8 heavy (non-hydrogen) atoms. The molecule has 0 aromatic heterocycles. The molecule has 0 N–H and O–H groups in total. The Morgan fingerprint density at radius 1 is 1.50 bits per heavy atom. The molecule has 1 nitrogen and oxygen atoms in total. The van der Waals surface area contributed by atoms with Crippen LogP contribution in [0.3, 0.4) is 0 Å². The maximum Gasteiger partial charge on any atom is 0.0473 e. The van der Waals surface area contributed by atoms with Crippen LogP contribution < -0.4 is 0 Å². The molecule has 0 fully saturated rings. The zero-order valence-corrected chi connectivity index (χ0v) is 12.4. The molecular weight excluding hydrogens is 357 g/mol. The van der Waals surface area contributed by atoms with Gasteiger partial charge in [-0.25, -0.2) is 0 Å². The molecule has 0 aliphatic rings. The first-order chi connectivity index (χ1) is 3.41. The van der Waals surface area contributed by atoms with Gasteiger partial charge in [-0.1, -0.05) is 15.9 Å². The van der Waals surface area contributed by atoms with E-state index in [0.29, 0.717) is 0 Å². The Kier molecular flexibility index (Phi) is 16.9. The summed E-state index contributed by atoms with van der Waals surface area (Å²) in [7, 11) is 0. The smallest absolute Gasteiger partial charge is 0.0473 e. The Morgan fingerprint density at radius 2 is 2.12 bits per heavy atom. The standard InChI is InChI=1S/C5H11BrO.Hg/c1-2-7-5-3-4-6;/h2-5H2,1H3;. The summed E-state index contributed by atoms with van der Waals surface area (Å²) in [5.74, 6) is 0. The molecular formula is C5H11BrHgO. The van der Waals surface area contributed by atoms with E-state index in [1.165, 1.54) is 0 Å². The van der Waals surface area contributed by atoms with E-state index in [2.05, 4.69) is 15.9 Å². The van der Waals surface area contributed by atoms with E-state index < -0.39 is 0 Å². The molecule has 0 spiro atoms. The Balaban J connectivity index is 0. The summed E-state index contributed by atoms with van der Waals surface area (Å²) in [6, 6.07) is 0. The predicted octanol–water partition coefficient (Wildman–Crippen LogP) is 1.81. The molecule has 0 saturated carbocycles. The predicted molar refractivity (Wildman–Crippen MR) is 34.9 cm³/mol. The van der Waals surface area contributed by atoms with Gasteiger partial charge < -0.3 is 4.74 Å². The van der Waals surface area contributed by atoms with Gasteiger partial charge in [0.15, 0.2) is 0 Å². The number of halogens is 1. The average Bonchev–Trinajstić information content (AvgIpc) is 1.69. The van der Waals surface area contributed by atoms with E-state index in [0.717, 1.165) is 25.0 Å². The quantitative estimate of drug-likeness (QED) is 0.418. The van der Waals surface area contributed by atoms with Crippen molar-refractivity contribution in [2.75, 3.05) is 18.5 Å². The molecule has 0 saturated heterocycles. The van der Waals surface area contributed by atoms with E-state index in [-0.39, 0.29) is 27.7 Å². The van der Waals surface area contributed by atoms with Crippen LogP contribution in [0, 0.1) is 0 Å². The second-order valence-electron chi connectivity index (χ2n) is 1.24. The summed E-state index contributed by atoms with van der Waals surface area (Å²) in [6.07, 6.45) is 1.12. The maximum atomic E-state index is 5.04. The average molecular weight is 368 g/mol. The fourth-order valence-corrected chi connectivity index (χ4v) is 0.530. The molecule has 3 heteroatoms. The molecule has 0 heterocycles. The Morgan fingerprint density at radius 3 is 2.50 bits per heavy atom. The SMILES string of the molecule is CCOCCCBr.[Hg]. The Hall–Kier alpha value is 1.38. The number of ether oxygens (including phenoxy) is 1. The van der Waals surface area contributed by atoms with Crippen LogP contribution >= 0.6 is 15.9 Å². The van der Waals surface area contributed by atoms with Crippen molar-refractivity contribution >= 4 is 15.9 Å². The van der Waals surface area contributed by atoms with Crippen LogP contribution in [0.25, 0.3) is 0 Å². The van der Waals surface area contributed by atoms with Crippen molar-refractivity contribution in [1.82, 2.24) is 0 Å². The van der Waals surface area contributed by atoms with Gasteiger partial charge in [-0.2, -0.15) is 0 Å². The van der Waals surface area contributed by atoms with E-state index >= 15 is 0 Å². The van der Waals surface area contributed by atoms with Crippen molar-refractivity contribution in [3.05, 3.63) is 0 Å². The summed E-state index contributed by atoms with van der Waals surface area (Å²) in [5, 5.41) is 1.05. The summed E-state index contributed by atoms with van der Waals surface area (Å²) in [5.41, 5.74) is 0. The zero-order valence-electron chi connectivity index (χ0n) is 5.32. The van der Waals surface area contributed by atoms with Crippen LogP contribution in [-0.4, -0.2) is 18.5 Å². The summed E-state index contributed by atoms with van der Waals surface area (Å²) in [4.78, 5) is 0. The molecule has 0 bridgehead atoms. The van der Waals surface area contributed by atoms with Crippen molar-refractivity contribution in [1.29, 1.82) is 0 Å². The minimum Gasteiger partial charge on any atom is -0.382 e. The van der Waals surface area contributed by atoms with Crippen molar-refractivity contribution in [2.45, 2.75) is 13.3 Å². The molecule has 0 aromatic rings. The number of hydrogen-bond acceptors (Lipinski definition) is 1. The zero-order chi connectivity index (χ0) is 5.54. The van der Waals surface area contributed by atoms with Gasteiger partial charge in [-0.15, -0.1) is 0 Å². The minimum atomic E-state index is 0. The van der Waals surface area contributed by atoms with Gasteiger partial charge in [-0.05, 0) is 13.3 Å². The van der Waals surface area contributed by atoms with Gasteiger partial charge in [0.1, 0.15) is 0 Å². The largest absolute Gasteiger partial charge is 0.382 e. The number of alkyl halides is 1. The molecule has 0 atom stereocenters. The summed E-state index contributed by atoms with van der Waals surface area (Å²) < 4.78 is 5.04. The minimum absolute atomic E-state index is 0. The number of rotatable bonds is 4. The second kappa shape index (κ2) is 11.2. The molecule has 0 rings (SSSR count). The Bertz CT molecular complexity index is 31.6. The molecule has 0 aliphatic heterocycles. The van der Waals surface area contributed by atoms with Crippen LogP contribution in [0.15, 0.2) is 0 Å². The molecule has 0 amide bonds. The summed E-state index contributed by atoms with van der Waals surface area (Å²) >= 11 is 3.30. The third-order valence-electron chi connectivity index (χ3n) is 0.626. The van der Waals surface area contributed by atoms with Crippen molar-refractivity contribution < 1.29 is 32.4 Å². The van der Waals surface area contributed by atoms with Crippen LogP contribution in [0.4, 0.5) is 0 Å².